The second kappa shape index (κ2) is 5.05. The van der Waals surface area contributed by atoms with Gasteiger partial charge in [0.15, 0.2) is 0 Å². The summed E-state index contributed by atoms with van der Waals surface area (Å²) in [6.07, 6.45) is 1.79. The first-order valence-corrected chi connectivity index (χ1v) is 5.50. The molecule has 17 heavy (non-hydrogen) atoms. The lowest BCUT2D eigenvalue weighted by atomic mass is 10.2. The van der Waals surface area contributed by atoms with Crippen LogP contribution in [0.4, 0.5) is 10.1 Å². The molecule has 1 aromatic carbocycles. The molecule has 1 aromatic rings. The molecule has 0 atom stereocenters. The van der Waals surface area contributed by atoms with Gasteiger partial charge >= 0.3 is 0 Å². The second-order valence-electron chi connectivity index (χ2n) is 3.84. The van der Waals surface area contributed by atoms with E-state index in [-0.39, 0.29) is 18.1 Å². The highest BCUT2D eigenvalue weighted by Crippen LogP contribution is 2.24. The smallest absolute Gasteiger partial charge is 0.241 e. The lowest BCUT2D eigenvalue weighted by Crippen LogP contribution is -2.51. The number of hydrogen-bond donors (Lipinski definition) is 0. The molecule has 1 aliphatic heterocycles. The van der Waals surface area contributed by atoms with Crippen LogP contribution in [0.15, 0.2) is 24.3 Å². The highest BCUT2D eigenvalue weighted by atomic mass is 19.1. The molecule has 0 spiro atoms. The van der Waals surface area contributed by atoms with Crippen LogP contribution in [0.2, 0.25) is 0 Å². The summed E-state index contributed by atoms with van der Waals surface area (Å²) in [4.78, 5) is 22.4. The number of rotatable bonds is 3. The Balaban J connectivity index is 2.34. The van der Waals surface area contributed by atoms with Crippen molar-refractivity contribution in [2.75, 3.05) is 18.1 Å². The van der Waals surface area contributed by atoms with Crippen molar-refractivity contribution in [3.63, 3.8) is 0 Å². The number of benzene rings is 1. The average Bonchev–Trinajstić information content (AvgIpc) is 2.31. The number of hydrogen-bond acceptors (Lipinski definition) is 3. The van der Waals surface area contributed by atoms with Crippen molar-refractivity contribution in [1.82, 2.24) is 5.01 Å². The minimum Gasteiger partial charge on any atom is -0.302 e. The maximum Gasteiger partial charge on any atom is 0.241 e. The molecule has 2 rings (SSSR count). The van der Waals surface area contributed by atoms with Gasteiger partial charge in [-0.1, -0.05) is 12.1 Å². The van der Waals surface area contributed by atoms with Crippen molar-refractivity contribution in [1.29, 1.82) is 0 Å². The maximum atomic E-state index is 13.7. The molecule has 90 valence electrons. The van der Waals surface area contributed by atoms with Gasteiger partial charge in [-0.3, -0.25) is 4.79 Å². The Kier molecular flexibility index (Phi) is 3.49. The normalized spacial score (nSPS) is 17.2. The fraction of sp³-hybridized carbons (Fsp3) is 0.333. The summed E-state index contributed by atoms with van der Waals surface area (Å²) in [6.45, 7) is 0.679. The number of hydrazine groups is 1. The van der Waals surface area contributed by atoms with Gasteiger partial charge < -0.3 is 4.79 Å². The zero-order chi connectivity index (χ0) is 12.3. The molecule has 1 saturated heterocycles. The number of para-hydroxylation sites is 1. The summed E-state index contributed by atoms with van der Waals surface area (Å²) in [7, 11) is 0. The summed E-state index contributed by atoms with van der Waals surface area (Å²) in [5, 5.41) is 2.84. The Morgan fingerprint density at radius 2 is 2.12 bits per heavy atom. The highest BCUT2D eigenvalue weighted by Gasteiger charge is 2.28. The molecule has 0 radical (unpaired) electrons. The van der Waals surface area contributed by atoms with Crippen LogP contribution in [-0.4, -0.2) is 30.3 Å². The Morgan fingerprint density at radius 3 is 2.82 bits per heavy atom. The average molecular weight is 236 g/mol. The van der Waals surface area contributed by atoms with E-state index in [1.807, 2.05) is 0 Å². The van der Waals surface area contributed by atoms with Crippen molar-refractivity contribution in [3.8, 4) is 0 Å². The van der Waals surface area contributed by atoms with Gasteiger partial charge in [-0.05, 0) is 18.6 Å². The number of nitrogens with zero attached hydrogens (tertiary/aromatic N) is 2. The molecule has 0 aromatic heterocycles. The van der Waals surface area contributed by atoms with Crippen LogP contribution in [0, 0.1) is 5.82 Å². The third-order valence-electron chi connectivity index (χ3n) is 2.69. The van der Waals surface area contributed by atoms with E-state index in [9.17, 15) is 14.0 Å². The third kappa shape index (κ3) is 2.34. The molecule has 4 nitrogen and oxygen atoms in total. The summed E-state index contributed by atoms with van der Waals surface area (Å²) in [6, 6.07) is 6.07. The fourth-order valence-corrected chi connectivity index (χ4v) is 1.95. The molecular formula is C12H13FN2O2. The Morgan fingerprint density at radius 1 is 1.35 bits per heavy atom. The van der Waals surface area contributed by atoms with E-state index in [1.54, 1.807) is 17.1 Å². The largest absolute Gasteiger partial charge is 0.302 e. The molecule has 0 bridgehead atoms. The van der Waals surface area contributed by atoms with Crippen molar-refractivity contribution in [3.05, 3.63) is 30.1 Å². The molecule has 1 amide bonds. The van der Waals surface area contributed by atoms with Crippen molar-refractivity contribution in [2.24, 2.45) is 0 Å². The number of carbonyl (C=O) groups is 2. The van der Waals surface area contributed by atoms with Crippen LogP contribution in [0.1, 0.15) is 12.8 Å². The summed E-state index contributed by atoms with van der Waals surface area (Å²) in [5.41, 5.74) is 0.207. The minimum absolute atomic E-state index is 0.0973. The number of halogens is 1. The Bertz CT molecular complexity index is 436. The second-order valence-corrected chi connectivity index (χ2v) is 3.84. The van der Waals surface area contributed by atoms with Gasteiger partial charge in [-0.2, -0.15) is 0 Å². The number of amides is 1. The lowest BCUT2D eigenvalue weighted by Gasteiger charge is -2.37. The molecule has 1 heterocycles. The molecule has 0 aliphatic carbocycles. The SMILES string of the molecule is O=CCN1CCCC(=O)N1c1ccccc1F. The standard InChI is InChI=1S/C12H13FN2O2/c13-10-4-1-2-5-11(10)15-12(17)6-3-7-14(15)8-9-16/h1-2,4-5,9H,3,6-8H2. The first kappa shape index (κ1) is 11.7. The highest BCUT2D eigenvalue weighted by molar-refractivity contribution is 5.93. The van der Waals surface area contributed by atoms with Gasteiger partial charge in [0.25, 0.3) is 0 Å². The molecule has 0 N–H and O–H groups in total. The van der Waals surface area contributed by atoms with Gasteiger partial charge in [0.2, 0.25) is 5.91 Å². The number of aldehydes is 1. The molecule has 1 aliphatic rings. The van der Waals surface area contributed by atoms with Crippen molar-refractivity contribution < 1.29 is 14.0 Å². The van der Waals surface area contributed by atoms with Gasteiger partial charge in [-0.15, -0.1) is 0 Å². The summed E-state index contributed by atoms with van der Waals surface area (Å²) in [5.74, 6) is -0.637. The maximum absolute atomic E-state index is 13.7. The van der Waals surface area contributed by atoms with E-state index in [4.69, 9.17) is 0 Å². The van der Waals surface area contributed by atoms with Gasteiger partial charge in [0, 0.05) is 13.0 Å². The van der Waals surface area contributed by atoms with Crippen LogP contribution < -0.4 is 5.01 Å². The van der Waals surface area contributed by atoms with Crippen LogP contribution in [0.5, 0.6) is 0 Å². The number of carbonyl (C=O) groups excluding carboxylic acids is 2. The first-order chi connectivity index (χ1) is 8.24. The lowest BCUT2D eigenvalue weighted by molar-refractivity contribution is -0.124. The number of anilines is 1. The molecule has 1 fully saturated rings. The van der Waals surface area contributed by atoms with Gasteiger partial charge in [0.1, 0.15) is 12.1 Å². The zero-order valence-electron chi connectivity index (χ0n) is 9.30. The molecule has 5 heteroatoms. The van der Waals surface area contributed by atoms with Crippen LogP contribution in [0.3, 0.4) is 0 Å². The van der Waals surface area contributed by atoms with Crippen molar-refractivity contribution in [2.45, 2.75) is 12.8 Å². The monoisotopic (exact) mass is 236 g/mol. The molecule has 0 unspecified atom stereocenters. The van der Waals surface area contributed by atoms with E-state index in [2.05, 4.69) is 0 Å². The van der Waals surface area contributed by atoms with E-state index in [0.717, 1.165) is 0 Å². The quantitative estimate of drug-likeness (QED) is 0.744. The predicted octanol–water partition coefficient (Wildman–Crippen LogP) is 1.37. The molecular weight excluding hydrogens is 223 g/mol. The summed E-state index contributed by atoms with van der Waals surface area (Å²) < 4.78 is 13.7. The first-order valence-electron chi connectivity index (χ1n) is 5.50. The van der Waals surface area contributed by atoms with E-state index < -0.39 is 5.82 Å². The predicted molar refractivity (Wildman–Crippen MR) is 60.8 cm³/mol. The van der Waals surface area contributed by atoms with E-state index in [0.29, 0.717) is 25.7 Å². The zero-order valence-corrected chi connectivity index (χ0v) is 9.30. The molecule has 0 saturated carbocycles. The van der Waals surface area contributed by atoms with Crippen molar-refractivity contribution >= 4 is 17.9 Å². The van der Waals surface area contributed by atoms with Crippen LogP contribution in [0.25, 0.3) is 0 Å². The summed E-state index contributed by atoms with van der Waals surface area (Å²) >= 11 is 0. The van der Waals surface area contributed by atoms with E-state index >= 15 is 0 Å². The van der Waals surface area contributed by atoms with Gasteiger partial charge in [0.05, 0.1) is 12.2 Å². The Labute approximate surface area is 98.6 Å². The topological polar surface area (TPSA) is 40.6 Å². The fourth-order valence-electron chi connectivity index (χ4n) is 1.95. The van der Waals surface area contributed by atoms with Crippen LogP contribution >= 0.6 is 0 Å². The third-order valence-corrected chi connectivity index (χ3v) is 2.69. The Hall–Kier alpha value is -1.75. The van der Waals surface area contributed by atoms with Gasteiger partial charge in [-0.25, -0.2) is 14.4 Å². The van der Waals surface area contributed by atoms with Crippen LogP contribution in [-0.2, 0) is 9.59 Å². The van der Waals surface area contributed by atoms with E-state index in [1.165, 1.54) is 17.1 Å². The minimum atomic E-state index is -0.460.